The number of benzene rings is 1. The third kappa shape index (κ3) is 2.65. The summed E-state index contributed by atoms with van der Waals surface area (Å²) in [7, 11) is 1.89. The molecule has 0 bridgehead atoms. The van der Waals surface area contributed by atoms with E-state index in [4.69, 9.17) is 0 Å². The van der Waals surface area contributed by atoms with E-state index in [9.17, 15) is 4.79 Å². The minimum absolute atomic E-state index is 0.243. The maximum absolute atomic E-state index is 12.4. The number of Topliss-reactive ketones (excluding diaryl/α,β-unsaturated/α-hetero) is 1. The van der Waals surface area contributed by atoms with Gasteiger partial charge in [0.2, 0.25) is 0 Å². The van der Waals surface area contributed by atoms with Crippen LogP contribution in [0.2, 0.25) is 0 Å². The topological polar surface area (TPSA) is 46.9 Å². The molecule has 1 aliphatic rings. The van der Waals surface area contributed by atoms with Crippen LogP contribution in [0.15, 0.2) is 30.6 Å². The van der Waals surface area contributed by atoms with Gasteiger partial charge >= 0.3 is 0 Å². The van der Waals surface area contributed by atoms with Gasteiger partial charge in [0.1, 0.15) is 0 Å². The molecule has 2 aromatic rings. The van der Waals surface area contributed by atoms with Gasteiger partial charge in [0, 0.05) is 31.8 Å². The molecule has 1 aromatic carbocycles. The summed E-state index contributed by atoms with van der Waals surface area (Å²) in [5, 5.41) is 7.48. The van der Waals surface area contributed by atoms with Gasteiger partial charge in [0.15, 0.2) is 5.78 Å². The molecule has 4 nitrogen and oxygen atoms in total. The minimum atomic E-state index is 0.243. The molecule has 20 heavy (non-hydrogen) atoms. The smallest absolute Gasteiger partial charge is 0.163 e. The molecule has 1 N–H and O–H groups in total. The number of aromatic nitrogens is 2. The van der Waals surface area contributed by atoms with E-state index in [0.717, 1.165) is 37.1 Å². The predicted octanol–water partition coefficient (Wildman–Crippen LogP) is 1.88. The van der Waals surface area contributed by atoms with Gasteiger partial charge in [-0.15, -0.1) is 0 Å². The van der Waals surface area contributed by atoms with Crippen molar-refractivity contribution in [3.8, 4) is 0 Å². The van der Waals surface area contributed by atoms with Crippen molar-refractivity contribution < 1.29 is 4.79 Å². The minimum Gasteiger partial charge on any atom is -0.312 e. The molecule has 0 unspecified atom stereocenters. The third-order valence-corrected chi connectivity index (χ3v) is 3.84. The SMILES string of the molecule is Cn1cc(CCC(=O)c2cccc3c2CCNC3)cn1. The number of nitrogens with one attached hydrogen (secondary N) is 1. The van der Waals surface area contributed by atoms with E-state index in [0.29, 0.717) is 6.42 Å². The van der Waals surface area contributed by atoms with Crippen LogP contribution in [-0.4, -0.2) is 22.1 Å². The normalized spacial score (nSPS) is 14.1. The highest BCUT2D eigenvalue weighted by molar-refractivity contribution is 5.98. The van der Waals surface area contributed by atoms with E-state index in [2.05, 4.69) is 16.5 Å². The number of ketones is 1. The number of carbonyl (C=O) groups is 1. The van der Waals surface area contributed by atoms with Crippen LogP contribution in [0, 0.1) is 0 Å². The first-order valence-electron chi connectivity index (χ1n) is 7.06. The number of rotatable bonds is 4. The Hall–Kier alpha value is -1.94. The molecule has 0 saturated heterocycles. The first kappa shape index (κ1) is 13.1. The Morgan fingerprint density at radius 3 is 3.15 bits per heavy atom. The second-order valence-corrected chi connectivity index (χ2v) is 5.32. The van der Waals surface area contributed by atoms with Gasteiger partial charge in [-0.2, -0.15) is 5.10 Å². The Bertz CT molecular complexity index is 630. The molecule has 3 rings (SSSR count). The van der Waals surface area contributed by atoms with Crippen LogP contribution in [-0.2, 0) is 26.4 Å². The summed E-state index contributed by atoms with van der Waals surface area (Å²) in [6.45, 7) is 1.83. The van der Waals surface area contributed by atoms with Gasteiger partial charge in [-0.1, -0.05) is 18.2 Å². The van der Waals surface area contributed by atoms with Crippen LogP contribution >= 0.6 is 0 Å². The van der Waals surface area contributed by atoms with E-state index in [1.54, 1.807) is 4.68 Å². The summed E-state index contributed by atoms with van der Waals surface area (Å²) in [5.41, 5.74) is 4.53. The van der Waals surface area contributed by atoms with E-state index >= 15 is 0 Å². The van der Waals surface area contributed by atoms with Crippen molar-refractivity contribution in [1.29, 1.82) is 0 Å². The van der Waals surface area contributed by atoms with Crippen molar-refractivity contribution >= 4 is 5.78 Å². The van der Waals surface area contributed by atoms with Gasteiger partial charge in [-0.05, 0) is 36.1 Å². The molecular formula is C16H19N3O. The summed E-state index contributed by atoms with van der Waals surface area (Å²) >= 11 is 0. The quantitative estimate of drug-likeness (QED) is 0.862. The molecule has 104 valence electrons. The molecule has 0 spiro atoms. The second kappa shape index (κ2) is 5.59. The summed E-state index contributed by atoms with van der Waals surface area (Å²) in [6, 6.07) is 6.07. The lowest BCUT2D eigenvalue weighted by Crippen LogP contribution is -2.25. The fourth-order valence-corrected chi connectivity index (χ4v) is 2.79. The monoisotopic (exact) mass is 269 g/mol. The maximum Gasteiger partial charge on any atom is 0.163 e. The number of hydrogen-bond acceptors (Lipinski definition) is 3. The van der Waals surface area contributed by atoms with Gasteiger partial charge < -0.3 is 5.32 Å². The predicted molar refractivity (Wildman–Crippen MR) is 77.7 cm³/mol. The fraction of sp³-hybridized carbons (Fsp3) is 0.375. The first-order valence-corrected chi connectivity index (χ1v) is 7.06. The molecule has 0 aliphatic carbocycles. The Morgan fingerprint density at radius 2 is 2.35 bits per heavy atom. The molecule has 0 fully saturated rings. The zero-order valence-corrected chi connectivity index (χ0v) is 11.7. The molecular weight excluding hydrogens is 250 g/mol. The molecule has 2 heterocycles. The van der Waals surface area contributed by atoms with Crippen LogP contribution in [0.25, 0.3) is 0 Å². The molecule has 0 amide bonds. The largest absolute Gasteiger partial charge is 0.312 e. The van der Waals surface area contributed by atoms with Gasteiger partial charge in [0.25, 0.3) is 0 Å². The van der Waals surface area contributed by atoms with Crippen molar-refractivity contribution in [2.24, 2.45) is 7.05 Å². The fourth-order valence-electron chi connectivity index (χ4n) is 2.79. The van der Waals surface area contributed by atoms with Crippen LogP contribution in [0.1, 0.15) is 33.5 Å². The van der Waals surface area contributed by atoms with E-state index in [1.165, 1.54) is 11.1 Å². The van der Waals surface area contributed by atoms with Gasteiger partial charge in [-0.25, -0.2) is 0 Å². The highest BCUT2D eigenvalue weighted by Gasteiger charge is 2.17. The highest BCUT2D eigenvalue weighted by Crippen LogP contribution is 2.20. The van der Waals surface area contributed by atoms with E-state index in [-0.39, 0.29) is 5.78 Å². The second-order valence-electron chi connectivity index (χ2n) is 5.32. The van der Waals surface area contributed by atoms with Gasteiger partial charge in [-0.3, -0.25) is 9.48 Å². The zero-order chi connectivity index (χ0) is 13.9. The van der Waals surface area contributed by atoms with E-state index in [1.807, 2.05) is 31.6 Å². The Labute approximate surface area is 118 Å². The lowest BCUT2D eigenvalue weighted by molar-refractivity contribution is 0.0981. The standard InChI is InChI=1S/C16H19N3O/c1-19-11-12(9-18-19)5-6-16(20)15-4-2-3-13-10-17-8-7-14(13)15/h2-4,9,11,17H,5-8,10H2,1H3. The number of aryl methyl sites for hydroxylation is 2. The summed E-state index contributed by atoms with van der Waals surface area (Å²) < 4.78 is 1.77. The van der Waals surface area contributed by atoms with E-state index < -0.39 is 0 Å². The molecule has 0 saturated carbocycles. The zero-order valence-electron chi connectivity index (χ0n) is 11.7. The summed E-state index contributed by atoms with van der Waals surface area (Å²) in [4.78, 5) is 12.4. The lowest BCUT2D eigenvalue weighted by atomic mass is 9.91. The number of nitrogens with zero attached hydrogens (tertiary/aromatic N) is 2. The lowest BCUT2D eigenvalue weighted by Gasteiger charge is -2.19. The first-order chi connectivity index (χ1) is 9.74. The number of carbonyl (C=O) groups excluding carboxylic acids is 1. The Balaban J connectivity index is 1.74. The number of fused-ring (bicyclic) bond motifs is 1. The maximum atomic E-state index is 12.4. The average molecular weight is 269 g/mol. The van der Waals surface area contributed by atoms with Crippen molar-refractivity contribution in [3.05, 3.63) is 52.8 Å². The number of hydrogen-bond donors (Lipinski definition) is 1. The van der Waals surface area contributed by atoms with Gasteiger partial charge in [0.05, 0.1) is 6.20 Å². The van der Waals surface area contributed by atoms with Crippen LogP contribution in [0.3, 0.4) is 0 Å². The van der Waals surface area contributed by atoms with Crippen molar-refractivity contribution in [2.75, 3.05) is 6.54 Å². The molecule has 0 atom stereocenters. The van der Waals surface area contributed by atoms with Crippen LogP contribution < -0.4 is 5.32 Å². The molecule has 0 radical (unpaired) electrons. The van der Waals surface area contributed by atoms with Crippen molar-refractivity contribution in [2.45, 2.75) is 25.8 Å². The Kier molecular flexibility index (Phi) is 3.65. The molecule has 4 heteroatoms. The van der Waals surface area contributed by atoms with Crippen LogP contribution in [0.4, 0.5) is 0 Å². The highest BCUT2D eigenvalue weighted by atomic mass is 16.1. The van der Waals surface area contributed by atoms with Crippen molar-refractivity contribution in [3.63, 3.8) is 0 Å². The average Bonchev–Trinajstić information content (AvgIpc) is 2.90. The summed E-state index contributed by atoms with van der Waals surface area (Å²) in [6.07, 6.45) is 6.06. The summed E-state index contributed by atoms with van der Waals surface area (Å²) in [5.74, 6) is 0.243. The Morgan fingerprint density at radius 1 is 1.45 bits per heavy atom. The third-order valence-electron chi connectivity index (χ3n) is 3.84. The van der Waals surface area contributed by atoms with Crippen LogP contribution in [0.5, 0.6) is 0 Å². The van der Waals surface area contributed by atoms with Crippen molar-refractivity contribution in [1.82, 2.24) is 15.1 Å². The molecule has 1 aliphatic heterocycles. The molecule has 1 aromatic heterocycles.